The molecule has 2 aromatic heterocycles. The van der Waals surface area contributed by atoms with Crippen LogP contribution in [0, 0.1) is 0 Å². The van der Waals surface area contributed by atoms with Crippen LogP contribution in [0.1, 0.15) is 11.3 Å². The molecule has 0 saturated heterocycles. The van der Waals surface area contributed by atoms with Crippen LogP contribution in [0.5, 0.6) is 5.75 Å². The van der Waals surface area contributed by atoms with E-state index in [1.165, 1.54) is 0 Å². The minimum atomic E-state index is 0.349. The monoisotopic (exact) mass is 456 g/mol. The minimum Gasteiger partial charge on any atom is -0.497 e. The maximum Gasteiger partial charge on any atom is 0.118 e. The highest BCUT2D eigenvalue weighted by molar-refractivity contribution is 6.30. The molecule has 0 amide bonds. The number of pyridine rings is 1. The highest BCUT2D eigenvalue weighted by atomic mass is 35.5. The molecule has 0 radical (unpaired) electrons. The van der Waals surface area contributed by atoms with E-state index in [1.54, 1.807) is 11.8 Å². The van der Waals surface area contributed by atoms with Gasteiger partial charge in [0.15, 0.2) is 0 Å². The van der Waals surface area contributed by atoms with Gasteiger partial charge in [0, 0.05) is 16.0 Å². The SMILES string of the molecule is COc1ccc(-c2cc(COCc3cn(-c4ccc(Cl)cc4)nn3)c3ccccc3n2)cc1. The van der Waals surface area contributed by atoms with Crippen molar-refractivity contribution in [2.75, 3.05) is 7.11 Å². The van der Waals surface area contributed by atoms with Crippen LogP contribution in [0.2, 0.25) is 5.02 Å². The molecule has 0 aliphatic carbocycles. The van der Waals surface area contributed by atoms with Crippen molar-refractivity contribution in [1.29, 1.82) is 0 Å². The number of para-hydroxylation sites is 1. The lowest BCUT2D eigenvalue weighted by Crippen LogP contribution is -1.98. The normalized spacial score (nSPS) is 11.1. The Morgan fingerprint density at radius 2 is 1.70 bits per heavy atom. The van der Waals surface area contributed by atoms with Crippen molar-refractivity contribution >= 4 is 22.5 Å². The summed E-state index contributed by atoms with van der Waals surface area (Å²) < 4.78 is 13.0. The van der Waals surface area contributed by atoms with Gasteiger partial charge in [-0.15, -0.1) is 5.10 Å². The Bertz CT molecular complexity index is 1380. The van der Waals surface area contributed by atoms with Crippen molar-refractivity contribution in [3.63, 3.8) is 0 Å². The van der Waals surface area contributed by atoms with E-state index >= 15 is 0 Å². The highest BCUT2D eigenvalue weighted by Crippen LogP contribution is 2.27. The smallest absolute Gasteiger partial charge is 0.118 e. The maximum atomic E-state index is 6.02. The number of halogens is 1. The third-order valence-corrected chi connectivity index (χ3v) is 5.58. The number of benzene rings is 3. The van der Waals surface area contributed by atoms with Gasteiger partial charge in [0.2, 0.25) is 0 Å². The number of ether oxygens (including phenoxy) is 2. The van der Waals surface area contributed by atoms with E-state index in [4.69, 9.17) is 26.1 Å². The summed E-state index contributed by atoms with van der Waals surface area (Å²) in [4.78, 5) is 4.84. The van der Waals surface area contributed by atoms with E-state index in [9.17, 15) is 0 Å². The molecule has 7 heteroatoms. The Morgan fingerprint density at radius 3 is 2.48 bits per heavy atom. The van der Waals surface area contributed by atoms with Crippen LogP contribution in [0.15, 0.2) is 85.1 Å². The summed E-state index contributed by atoms with van der Waals surface area (Å²) in [5.41, 5.74) is 5.55. The molecule has 0 bridgehead atoms. The molecule has 164 valence electrons. The van der Waals surface area contributed by atoms with Crippen LogP contribution in [0.25, 0.3) is 27.8 Å². The second kappa shape index (κ2) is 9.40. The van der Waals surface area contributed by atoms with Gasteiger partial charge < -0.3 is 9.47 Å². The summed E-state index contributed by atoms with van der Waals surface area (Å²) in [7, 11) is 1.66. The van der Waals surface area contributed by atoms with Gasteiger partial charge >= 0.3 is 0 Å². The Kier molecular flexibility index (Phi) is 6.02. The molecule has 2 heterocycles. The average molecular weight is 457 g/mol. The van der Waals surface area contributed by atoms with Gasteiger partial charge in [-0.25, -0.2) is 9.67 Å². The quantitative estimate of drug-likeness (QED) is 0.307. The van der Waals surface area contributed by atoms with Crippen LogP contribution in [0.4, 0.5) is 0 Å². The van der Waals surface area contributed by atoms with Crippen LogP contribution in [0.3, 0.4) is 0 Å². The number of fused-ring (bicyclic) bond motifs is 1. The van der Waals surface area contributed by atoms with Crippen LogP contribution < -0.4 is 4.74 Å². The van der Waals surface area contributed by atoms with E-state index in [2.05, 4.69) is 22.4 Å². The first-order valence-electron chi connectivity index (χ1n) is 10.5. The van der Waals surface area contributed by atoms with Gasteiger partial charge in [-0.2, -0.15) is 0 Å². The molecule has 5 aromatic rings. The second-order valence-corrected chi connectivity index (χ2v) is 7.97. The number of aromatic nitrogens is 4. The van der Waals surface area contributed by atoms with Crippen molar-refractivity contribution in [2.45, 2.75) is 13.2 Å². The molecule has 0 unspecified atom stereocenters. The summed E-state index contributed by atoms with van der Waals surface area (Å²) in [6.45, 7) is 0.780. The van der Waals surface area contributed by atoms with Crippen molar-refractivity contribution in [3.05, 3.63) is 101 Å². The summed E-state index contributed by atoms with van der Waals surface area (Å²) in [5, 5.41) is 10.2. The minimum absolute atomic E-state index is 0.349. The first-order chi connectivity index (χ1) is 16.2. The average Bonchev–Trinajstić information content (AvgIpc) is 3.33. The standard InChI is InChI=1S/C26H21ClN4O2/c1-32-23-12-6-18(7-13-23)26-14-19(24-4-2-3-5-25(24)28-26)16-33-17-21-15-31(30-29-21)22-10-8-20(27)9-11-22/h2-15H,16-17H2,1H3. The van der Waals surface area contributed by atoms with Gasteiger partial charge in [-0.1, -0.05) is 35.0 Å². The summed E-state index contributed by atoms with van der Waals surface area (Å²) in [6, 6.07) is 25.5. The largest absolute Gasteiger partial charge is 0.497 e. The molecule has 5 rings (SSSR count). The lowest BCUT2D eigenvalue weighted by Gasteiger charge is -2.10. The molecular weight excluding hydrogens is 436 g/mol. The molecule has 0 saturated carbocycles. The molecular formula is C26H21ClN4O2. The predicted octanol–water partition coefficient (Wildman–Crippen LogP) is 5.86. The molecule has 0 aliphatic rings. The number of rotatable bonds is 7. The van der Waals surface area contributed by atoms with E-state index in [0.29, 0.717) is 18.2 Å². The maximum absolute atomic E-state index is 6.02. The van der Waals surface area contributed by atoms with Crippen molar-refractivity contribution in [2.24, 2.45) is 0 Å². The number of nitrogens with zero attached hydrogens (tertiary/aromatic N) is 4. The molecule has 0 spiro atoms. The fraction of sp³-hybridized carbons (Fsp3) is 0.115. The molecule has 3 aromatic carbocycles. The molecule has 6 nitrogen and oxygen atoms in total. The Balaban J connectivity index is 1.34. The Morgan fingerprint density at radius 1 is 0.909 bits per heavy atom. The van der Waals surface area contributed by atoms with Gasteiger partial charge in [0.25, 0.3) is 0 Å². The summed E-state index contributed by atoms with van der Waals surface area (Å²) >= 11 is 5.96. The fourth-order valence-electron chi connectivity index (χ4n) is 3.63. The summed E-state index contributed by atoms with van der Waals surface area (Å²) in [6.07, 6.45) is 1.86. The fourth-order valence-corrected chi connectivity index (χ4v) is 3.75. The van der Waals surface area contributed by atoms with Crippen LogP contribution in [-0.2, 0) is 18.0 Å². The molecule has 33 heavy (non-hydrogen) atoms. The first kappa shape index (κ1) is 21.1. The van der Waals surface area contributed by atoms with Gasteiger partial charge in [0.05, 0.1) is 43.4 Å². The molecule has 0 aliphatic heterocycles. The van der Waals surface area contributed by atoms with Gasteiger partial charge in [-0.3, -0.25) is 0 Å². The Hall–Kier alpha value is -3.74. The van der Waals surface area contributed by atoms with Gasteiger partial charge in [0.1, 0.15) is 11.4 Å². The number of methoxy groups -OCH3 is 1. The van der Waals surface area contributed by atoms with Crippen molar-refractivity contribution < 1.29 is 9.47 Å². The topological polar surface area (TPSA) is 62.1 Å². The highest BCUT2D eigenvalue weighted by Gasteiger charge is 2.09. The number of hydrogen-bond acceptors (Lipinski definition) is 5. The molecule has 0 atom stereocenters. The second-order valence-electron chi connectivity index (χ2n) is 7.54. The zero-order valence-corrected chi connectivity index (χ0v) is 18.7. The van der Waals surface area contributed by atoms with Crippen molar-refractivity contribution in [1.82, 2.24) is 20.0 Å². The van der Waals surface area contributed by atoms with E-state index in [1.807, 2.05) is 72.9 Å². The third-order valence-electron chi connectivity index (χ3n) is 5.33. The molecule has 0 fully saturated rings. The lowest BCUT2D eigenvalue weighted by molar-refractivity contribution is 0.105. The zero-order chi connectivity index (χ0) is 22.6. The lowest BCUT2D eigenvalue weighted by atomic mass is 10.0. The predicted molar refractivity (Wildman–Crippen MR) is 129 cm³/mol. The molecule has 0 N–H and O–H groups in total. The van der Waals surface area contributed by atoms with Crippen molar-refractivity contribution in [3.8, 4) is 22.7 Å². The van der Waals surface area contributed by atoms with E-state index in [0.717, 1.165) is 44.9 Å². The third kappa shape index (κ3) is 4.72. The number of hydrogen-bond donors (Lipinski definition) is 0. The van der Waals surface area contributed by atoms with E-state index < -0.39 is 0 Å². The summed E-state index contributed by atoms with van der Waals surface area (Å²) in [5.74, 6) is 0.815. The zero-order valence-electron chi connectivity index (χ0n) is 18.0. The first-order valence-corrected chi connectivity index (χ1v) is 10.9. The Labute approximate surface area is 196 Å². The van der Waals surface area contributed by atoms with Gasteiger partial charge in [-0.05, 0) is 66.2 Å². The van der Waals surface area contributed by atoms with Crippen LogP contribution >= 0.6 is 11.6 Å². The van der Waals surface area contributed by atoms with E-state index in [-0.39, 0.29) is 0 Å². The van der Waals surface area contributed by atoms with Crippen LogP contribution in [-0.4, -0.2) is 27.1 Å².